The van der Waals surface area contributed by atoms with Gasteiger partial charge in [-0.1, -0.05) is 35.9 Å². The summed E-state index contributed by atoms with van der Waals surface area (Å²) in [5.74, 6) is 2.52. The molecule has 0 bridgehead atoms. The van der Waals surface area contributed by atoms with Crippen molar-refractivity contribution in [3.05, 3.63) is 59.7 Å². The zero-order chi connectivity index (χ0) is 14.6. The van der Waals surface area contributed by atoms with Crippen LogP contribution in [-0.4, -0.2) is 8.42 Å². The van der Waals surface area contributed by atoms with Crippen molar-refractivity contribution in [3.63, 3.8) is 0 Å². The Kier molecular flexibility index (Phi) is 4.11. The van der Waals surface area contributed by atoms with Gasteiger partial charge in [-0.2, -0.15) is 0 Å². The van der Waals surface area contributed by atoms with E-state index in [4.69, 9.17) is 6.42 Å². The first-order chi connectivity index (χ1) is 9.53. The Hall–Kier alpha value is -2.25. The van der Waals surface area contributed by atoms with Crippen molar-refractivity contribution < 1.29 is 8.42 Å². The van der Waals surface area contributed by atoms with E-state index in [9.17, 15) is 8.42 Å². The largest absolute Gasteiger partial charge is 0.279 e. The number of nitrogens with one attached hydrogen (secondary N) is 1. The van der Waals surface area contributed by atoms with Crippen LogP contribution in [0.4, 0.5) is 5.69 Å². The highest BCUT2D eigenvalue weighted by molar-refractivity contribution is 7.92. The Labute approximate surface area is 119 Å². The van der Waals surface area contributed by atoms with Crippen LogP contribution in [0.3, 0.4) is 0 Å². The van der Waals surface area contributed by atoms with Crippen molar-refractivity contribution >= 4 is 15.7 Å². The number of terminal acetylenes is 1. The van der Waals surface area contributed by atoms with E-state index in [1.165, 1.54) is 0 Å². The molecule has 2 rings (SSSR count). The van der Waals surface area contributed by atoms with Crippen LogP contribution in [0.1, 0.15) is 11.1 Å². The summed E-state index contributed by atoms with van der Waals surface area (Å²) in [7, 11) is -3.59. The van der Waals surface area contributed by atoms with Crippen LogP contribution < -0.4 is 4.72 Å². The average molecular weight is 285 g/mol. The Morgan fingerprint density at radius 2 is 1.75 bits per heavy atom. The molecule has 3 nitrogen and oxygen atoms in total. The van der Waals surface area contributed by atoms with Crippen molar-refractivity contribution in [1.82, 2.24) is 0 Å². The maximum atomic E-state index is 12.3. The molecule has 1 N–H and O–H groups in total. The summed E-state index contributed by atoms with van der Waals surface area (Å²) in [6.07, 6.45) is 5.68. The second-order valence-electron chi connectivity index (χ2n) is 4.46. The smallest absolute Gasteiger partial charge is 0.261 e. The zero-order valence-corrected chi connectivity index (χ0v) is 11.9. The molecule has 0 spiro atoms. The number of rotatable bonds is 4. The lowest BCUT2D eigenvalue weighted by molar-refractivity contribution is 0.601. The molecule has 0 radical (unpaired) electrons. The molecule has 0 unspecified atom stereocenters. The summed E-state index contributed by atoms with van der Waals surface area (Å²) in [4.78, 5) is 0.235. The van der Waals surface area contributed by atoms with E-state index >= 15 is 0 Å². The molecule has 0 aliphatic rings. The molecule has 0 saturated carbocycles. The van der Waals surface area contributed by atoms with Gasteiger partial charge in [0, 0.05) is 6.42 Å². The number of benzene rings is 2. The SMILES string of the molecule is C#CCc1ccccc1NS(=O)(=O)c1ccc(C)cc1. The van der Waals surface area contributed by atoms with Gasteiger partial charge >= 0.3 is 0 Å². The van der Waals surface area contributed by atoms with Crippen LogP contribution in [0.2, 0.25) is 0 Å². The number of hydrogen-bond acceptors (Lipinski definition) is 2. The predicted octanol–water partition coefficient (Wildman–Crippen LogP) is 2.97. The monoisotopic (exact) mass is 285 g/mol. The molecule has 2 aromatic carbocycles. The molecule has 0 heterocycles. The van der Waals surface area contributed by atoms with E-state index in [1.807, 2.05) is 19.1 Å². The fourth-order valence-electron chi connectivity index (χ4n) is 1.81. The Morgan fingerprint density at radius 3 is 2.40 bits per heavy atom. The molecule has 0 aliphatic heterocycles. The fraction of sp³-hybridized carbons (Fsp3) is 0.125. The molecule has 0 saturated heterocycles. The molecule has 0 amide bonds. The third-order valence-corrected chi connectivity index (χ3v) is 4.27. The van der Waals surface area contributed by atoms with Crippen molar-refractivity contribution in [2.45, 2.75) is 18.2 Å². The lowest BCUT2D eigenvalue weighted by Gasteiger charge is -2.11. The third kappa shape index (κ3) is 3.19. The molecule has 4 heteroatoms. The normalized spacial score (nSPS) is 10.8. The number of anilines is 1. The van der Waals surface area contributed by atoms with Crippen LogP contribution in [0.25, 0.3) is 0 Å². The molecule has 102 valence electrons. The highest BCUT2D eigenvalue weighted by Gasteiger charge is 2.15. The van der Waals surface area contributed by atoms with Crippen LogP contribution in [-0.2, 0) is 16.4 Å². The first-order valence-electron chi connectivity index (χ1n) is 6.14. The summed E-state index contributed by atoms with van der Waals surface area (Å²) in [5.41, 5.74) is 2.31. The standard InChI is InChI=1S/C16H15NO2S/c1-3-6-14-7-4-5-8-16(14)17-20(18,19)15-11-9-13(2)10-12-15/h1,4-5,7-12,17H,6H2,2H3. The summed E-state index contributed by atoms with van der Waals surface area (Å²) < 4.78 is 27.2. The van der Waals surface area contributed by atoms with Gasteiger partial charge in [-0.3, -0.25) is 4.72 Å². The molecular formula is C16H15NO2S. The quantitative estimate of drug-likeness (QED) is 0.878. The Bertz CT molecular complexity index is 741. The highest BCUT2D eigenvalue weighted by atomic mass is 32.2. The van der Waals surface area contributed by atoms with Gasteiger partial charge in [0.2, 0.25) is 0 Å². The van der Waals surface area contributed by atoms with Gasteiger partial charge in [0.1, 0.15) is 0 Å². The topological polar surface area (TPSA) is 46.2 Å². The Morgan fingerprint density at radius 1 is 1.10 bits per heavy atom. The van der Waals surface area contributed by atoms with E-state index in [1.54, 1.807) is 36.4 Å². The van der Waals surface area contributed by atoms with Gasteiger partial charge in [0.25, 0.3) is 10.0 Å². The van der Waals surface area contributed by atoms with Gasteiger partial charge < -0.3 is 0 Å². The Balaban J connectivity index is 2.34. The molecule has 0 aromatic heterocycles. The summed E-state index contributed by atoms with van der Waals surface area (Å²) >= 11 is 0. The number of aryl methyl sites for hydroxylation is 1. The van der Waals surface area contributed by atoms with Gasteiger partial charge in [0.05, 0.1) is 10.6 Å². The summed E-state index contributed by atoms with van der Waals surface area (Å²) in [5, 5.41) is 0. The number of hydrogen-bond donors (Lipinski definition) is 1. The van der Waals surface area contributed by atoms with E-state index in [-0.39, 0.29) is 4.90 Å². The van der Waals surface area contributed by atoms with E-state index in [0.717, 1.165) is 11.1 Å². The first-order valence-corrected chi connectivity index (χ1v) is 7.62. The van der Waals surface area contributed by atoms with Crippen molar-refractivity contribution in [3.8, 4) is 12.3 Å². The molecule has 0 fully saturated rings. The van der Waals surface area contributed by atoms with E-state index in [0.29, 0.717) is 12.1 Å². The molecule has 20 heavy (non-hydrogen) atoms. The van der Waals surface area contributed by atoms with Crippen LogP contribution >= 0.6 is 0 Å². The number of sulfonamides is 1. The van der Waals surface area contributed by atoms with E-state index < -0.39 is 10.0 Å². The van der Waals surface area contributed by atoms with Gasteiger partial charge in [-0.15, -0.1) is 12.3 Å². The van der Waals surface area contributed by atoms with Crippen LogP contribution in [0.5, 0.6) is 0 Å². The molecule has 0 aliphatic carbocycles. The van der Waals surface area contributed by atoms with Crippen molar-refractivity contribution in [1.29, 1.82) is 0 Å². The van der Waals surface area contributed by atoms with Crippen LogP contribution in [0, 0.1) is 19.3 Å². The number of para-hydroxylation sites is 1. The maximum absolute atomic E-state index is 12.3. The fourth-order valence-corrected chi connectivity index (χ4v) is 2.91. The lowest BCUT2D eigenvalue weighted by Crippen LogP contribution is -2.14. The maximum Gasteiger partial charge on any atom is 0.261 e. The average Bonchev–Trinajstić information content (AvgIpc) is 2.41. The minimum atomic E-state index is -3.59. The molecule has 0 atom stereocenters. The van der Waals surface area contributed by atoms with Gasteiger partial charge in [-0.05, 0) is 30.7 Å². The van der Waals surface area contributed by atoms with Gasteiger partial charge in [-0.25, -0.2) is 8.42 Å². The van der Waals surface area contributed by atoms with Crippen molar-refractivity contribution in [2.75, 3.05) is 4.72 Å². The first kappa shape index (κ1) is 14.2. The predicted molar refractivity (Wildman–Crippen MR) is 81.0 cm³/mol. The second kappa shape index (κ2) is 5.81. The highest BCUT2D eigenvalue weighted by Crippen LogP contribution is 2.20. The minimum absolute atomic E-state index is 0.235. The minimum Gasteiger partial charge on any atom is -0.279 e. The summed E-state index contributed by atoms with van der Waals surface area (Å²) in [6.45, 7) is 1.91. The second-order valence-corrected chi connectivity index (χ2v) is 6.14. The van der Waals surface area contributed by atoms with Gasteiger partial charge in [0.15, 0.2) is 0 Å². The molecule has 2 aromatic rings. The van der Waals surface area contributed by atoms with E-state index in [2.05, 4.69) is 10.6 Å². The zero-order valence-electron chi connectivity index (χ0n) is 11.1. The molecular weight excluding hydrogens is 270 g/mol. The third-order valence-electron chi connectivity index (χ3n) is 2.89. The van der Waals surface area contributed by atoms with Crippen molar-refractivity contribution in [2.24, 2.45) is 0 Å². The van der Waals surface area contributed by atoms with Crippen LogP contribution in [0.15, 0.2) is 53.4 Å². The summed E-state index contributed by atoms with van der Waals surface area (Å²) in [6, 6.07) is 13.8. The lowest BCUT2D eigenvalue weighted by atomic mass is 10.1.